The van der Waals surface area contributed by atoms with Crippen molar-refractivity contribution in [1.82, 2.24) is 0 Å². The minimum atomic E-state index is -4.83. The lowest BCUT2D eigenvalue weighted by molar-refractivity contribution is -0.274. The third-order valence-corrected chi connectivity index (χ3v) is 2.60. The highest BCUT2D eigenvalue weighted by molar-refractivity contribution is 9.09. The van der Waals surface area contributed by atoms with Crippen LogP contribution in [0.4, 0.5) is 13.2 Å². The maximum Gasteiger partial charge on any atom is 0.573 e. The lowest BCUT2D eigenvalue weighted by atomic mass is 10.1. The van der Waals surface area contributed by atoms with Crippen LogP contribution in [0.3, 0.4) is 0 Å². The van der Waals surface area contributed by atoms with Crippen molar-refractivity contribution in [2.24, 2.45) is 0 Å². The molecule has 0 heterocycles. The monoisotopic (exact) mass is 330 g/mol. The number of halogens is 5. The zero-order chi connectivity index (χ0) is 13.1. The Morgan fingerprint density at radius 2 is 2.06 bits per heavy atom. The van der Waals surface area contributed by atoms with Gasteiger partial charge in [0.15, 0.2) is 5.78 Å². The summed E-state index contributed by atoms with van der Waals surface area (Å²) in [5, 5.41) is 0.0859. The van der Waals surface area contributed by atoms with E-state index in [0.717, 1.165) is 6.07 Å². The Morgan fingerprint density at radius 1 is 1.41 bits per heavy atom. The van der Waals surface area contributed by atoms with Gasteiger partial charge in [-0.3, -0.25) is 4.79 Å². The Labute approximate surface area is 109 Å². The van der Waals surface area contributed by atoms with Crippen molar-refractivity contribution in [3.8, 4) is 5.75 Å². The highest BCUT2D eigenvalue weighted by Crippen LogP contribution is 2.33. The van der Waals surface area contributed by atoms with Crippen LogP contribution in [-0.2, 0) is 0 Å². The summed E-state index contributed by atoms with van der Waals surface area (Å²) in [5.41, 5.74) is 0.0212. The van der Waals surface area contributed by atoms with E-state index in [2.05, 4.69) is 20.7 Å². The lowest BCUT2D eigenvalue weighted by Crippen LogP contribution is -2.17. The molecule has 1 aromatic rings. The largest absolute Gasteiger partial charge is 0.573 e. The minimum absolute atomic E-state index is 0.0212. The molecule has 0 aliphatic rings. The van der Waals surface area contributed by atoms with E-state index in [4.69, 9.17) is 11.6 Å². The molecule has 0 aromatic heterocycles. The Hall–Kier alpha value is -0.750. The minimum Gasteiger partial charge on any atom is -0.404 e. The first kappa shape index (κ1) is 14.3. The van der Waals surface area contributed by atoms with Crippen LogP contribution in [0.25, 0.3) is 0 Å². The van der Waals surface area contributed by atoms with Gasteiger partial charge in [0.05, 0.1) is 5.02 Å². The summed E-state index contributed by atoms with van der Waals surface area (Å²) in [6.45, 7) is 0. The van der Waals surface area contributed by atoms with E-state index in [1.54, 1.807) is 0 Å². The molecule has 1 rings (SSSR count). The summed E-state index contributed by atoms with van der Waals surface area (Å²) in [4.78, 5) is 11.5. The smallest absolute Gasteiger partial charge is 0.404 e. The molecule has 94 valence electrons. The molecule has 0 saturated heterocycles. The van der Waals surface area contributed by atoms with Crippen LogP contribution in [0.2, 0.25) is 5.02 Å². The first-order chi connectivity index (χ1) is 7.85. The summed E-state index contributed by atoms with van der Waals surface area (Å²) in [7, 11) is 0. The van der Waals surface area contributed by atoms with Gasteiger partial charge in [-0.05, 0) is 12.1 Å². The van der Waals surface area contributed by atoms with Crippen molar-refractivity contribution in [1.29, 1.82) is 0 Å². The molecule has 1 aromatic carbocycles. The summed E-state index contributed by atoms with van der Waals surface area (Å²) < 4.78 is 39.8. The molecule has 0 N–H and O–H groups in total. The summed E-state index contributed by atoms with van der Waals surface area (Å²) in [5.74, 6) is -0.918. The van der Waals surface area contributed by atoms with E-state index in [1.807, 2.05) is 0 Å². The molecule has 0 radical (unpaired) electrons. The summed E-state index contributed by atoms with van der Waals surface area (Å²) in [6, 6.07) is 3.70. The maximum absolute atomic E-state index is 12.0. The molecule has 0 unspecified atom stereocenters. The number of ether oxygens (including phenoxy) is 1. The van der Waals surface area contributed by atoms with Crippen LogP contribution >= 0.6 is 27.5 Å². The number of hydrogen-bond donors (Lipinski definition) is 0. The number of hydrogen-bond acceptors (Lipinski definition) is 2. The van der Waals surface area contributed by atoms with E-state index < -0.39 is 12.1 Å². The molecule has 0 bridgehead atoms. The van der Waals surface area contributed by atoms with Crippen molar-refractivity contribution in [3.63, 3.8) is 0 Å². The zero-order valence-electron chi connectivity index (χ0n) is 8.35. The fourth-order valence-electron chi connectivity index (χ4n) is 1.15. The average Bonchev–Trinajstić information content (AvgIpc) is 2.19. The third-order valence-electron chi connectivity index (χ3n) is 1.81. The standard InChI is InChI=1S/C10H7BrClF3O2/c11-5-4-7(16)6-2-1-3-8(9(6)12)17-10(13,14)15/h1-3H,4-5H2. The number of ketones is 1. The van der Waals surface area contributed by atoms with Crippen LogP contribution in [0.5, 0.6) is 5.75 Å². The highest BCUT2D eigenvalue weighted by Gasteiger charge is 2.32. The van der Waals surface area contributed by atoms with E-state index in [-0.39, 0.29) is 22.8 Å². The van der Waals surface area contributed by atoms with Crippen molar-refractivity contribution < 1.29 is 22.7 Å². The van der Waals surface area contributed by atoms with Gasteiger partial charge in [0, 0.05) is 17.3 Å². The molecule has 0 amide bonds. The van der Waals surface area contributed by atoms with Gasteiger partial charge < -0.3 is 4.74 Å². The van der Waals surface area contributed by atoms with Crippen molar-refractivity contribution in [2.45, 2.75) is 12.8 Å². The normalized spacial score (nSPS) is 11.4. The van der Waals surface area contributed by atoms with Gasteiger partial charge in [0.1, 0.15) is 5.75 Å². The van der Waals surface area contributed by atoms with Gasteiger partial charge in [-0.15, -0.1) is 13.2 Å². The number of rotatable bonds is 4. The highest BCUT2D eigenvalue weighted by atomic mass is 79.9. The fourth-order valence-corrected chi connectivity index (χ4v) is 1.78. The van der Waals surface area contributed by atoms with E-state index in [9.17, 15) is 18.0 Å². The topological polar surface area (TPSA) is 26.3 Å². The number of carbonyl (C=O) groups excluding carboxylic acids is 1. The second-order valence-corrected chi connectivity index (χ2v) is 4.20. The second-order valence-electron chi connectivity index (χ2n) is 3.03. The van der Waals surface area contributed by atoms with E-state index in [0.29, 0.717) is 5.33 Å². The molecule has 0 atom stereocenters. The Morgan fingerprint density at radius 3 is 2.59 bits per heavy atom. The number of Topliss-reactive ketones (excluding diaryl/α,β-unsaturated/α-hetero) is 1. The van der Waals surface area contributed by atoms with Gasteiger partial charge in [-0.25, -0.2) is 0 Å². The molecular formula is C10H7BrClF3O2. The van der Waals surface area contributed by atoms with Gasteiger partial charge in [0.25, 0.3) is 0 Å². The quantitative estimate of drug-likeness (QED) is 0.610. The summed E-state index contributed by atoms with van der Waals surface area (Å²) >= 11 is 8.75. The second kappa shape index (κ2) is 5.73. The van der Waals surface area contributed by atoms with Gasteiger partial charge in [0.2, 0.25) is 0 Å². The maximum atomic E-state index is 12.0. The molecule has 0 spiro atoms. The molecule has 0 aliphatic heterocycles. The number of alkyl halides is 4. The third kappa shape index (κ3) is 4.20. The van der Waals surface area contributed by atoms with Gasteiger partial charge >= 0.3 is 6.36 Å². The van der Waals surface area contributed by atoms with Crippen LogP contribution in [0.15, 0.2) is 18.2 Å². The summed E-state index contributed by atoms with van der Waals surface area (Å²) in [6.07, 6.45) is -4.68. The Kier molecular flexibility index (Phi) is 4.82. The van der Waals surface area contributed by atoms with E-state index in [1.165, 1.54) is 12.1 Å². The van der Waals surface area contributed by atoms with Crippen LogP contribution in [-0.4, -0.2) is 17.5 Å². The average molecular weight is 332 g/mol. The van der Waals surface area contributed by atoms with Crippen LogP contribution in [0.1, 0.15) is 16.8 Å². The molecule has 0 aliphatic carbocycles. The SMILES string of the molecule is O=C(CCBr)c1cccc(OC(F)(F)F)c1Cl. The first-order valence-corrected chi connectivity index (χ1v) is 5.98. The van der Waals surface area contributed by atoms with Gasteiger partial charge in [-0.2, -0.15) is 0 Å². The molecule has 2 nitrogen and oxygen atoms in total. The molecule has 0 fully saturated rings. The van der Waals surface area contributed by atoms with E-state index >= 15 is 0 Å². The first-order valence-electron chi connectivity index (χ1n) is 4.48. The zero-order valence-corrected chi connectivity index (χ0v) is 10.7. The Balaban J connectivity index is 3.03. The van der Waals surface area contributed by atoms with Gasteiger partial charge in [-0.1, -0.05) is 33.6 Å². The number of benzene rings is 1. The Bertz CT molecular complexity index is 421. The van der Waals surface area contributed by atoms with Crippen LogP contribution in [0, 0.1) is 0 Å². The van der Waals surface area contributed by atoms with Crippen LogP contribution < -0.4 is 4.74 Å². The molecule has 0 saturated carbocycles. The predicted molar refractivity (Wildman–Crippen MR) is 60.9 cm³/mol. The number of carbonyl (C=O) groups is 1. The predicted octanol–water partition coefficient (Wildman–Crippen LogP) is 4.21. The van der Waals surface area contributed by atoms with Crippen molar-refractivity contribution in [2.75, 3.05) is 5.33 Å². The molecule has 7 heteroatoms. The lowest BCUT2D eigenvalue weighted by Gasteiger charge is -2.12. The molecular weight excluding hydrogens is 324 g/mol. The fraction of sp³-hybridized carbons (Fsp3) is 0.300. The molecule has 17 heavy (non-hydrogen) atoms. The van der Waals surface area contributed by atoms with Crippen molar-refractivity contribution >= 4 is 33.3 Å². The van der Waals surface area contributed by atoms with Crippen molar-refractivity contribution in [3.05, 3.63) is 28.8 Å².